The van der Waals surface area contributed by atoms with Crippen molar-refractivity contribution in [3.63, 3.8) is 0 Å². The third kappa shape index (κ3) is 2.05. The number of nitrogens with zero attached hydrogens (tertiary/aromatic N) is 2. The molecule has 2 aliphatic rings. The lowest BCUT2D eigenvalue weighted by Gasteiger charge is -2.20. The SMILES string of the molecule is O=C1OCCN1c1ccc(N2C(=O)OCC2CO)cc1. The van der Waals surface area contributed by atoms with E-state index in [1.165, 1.54) is 9.80 Å². The maximum absolute atomic E-state index is 11.6. The fourth-order valence-corrected chi connectivity index (χ4v) is 2.33. The largest absolute Gasteiger partial charge is 0.447 e. The van der Waals surface area contributed by atoms with Crippen molar-refractivity contribution >= 4 is 23.6 Å². The number of aliphatic hydroxyl groups is 1. The van der Waals surface area contributed by atoms with Crippen molar-refractivity contribution in [3.8, 4) is 0 Å². The van der Waals surface area contributed by atoms with Crippen LogP contribution in [0.25, 0.3) is 0 Å². The van der Waals surface area contributed by atoms with Gasteiger partial charge in [-0.05, 0) is 24.3 Å². The second kappa shape index (κ2) is 5.01. The number of hydrogen-bond donors (Lipinski definition) is 1. The molecule has 7 heteroatoms. The molecule has 20 heavy (non-hydrogen) atoms. The second-order valence-electron chi connectivity index (χ2n) is 4.57. The first-order valence-corrected chi connectivity index (χ1v) is 6.32. The average molecular weight is 278 g/mol. The highest BCUT2D eigenvalue weighted by atomic mass is 16.6. The van der Waals surface area contributed by atoms with Gasteiger partial charge in [0.1, 0.15) is 13.2 Å². The van der Waals surface area contributed by atoms with Crippen LogP contribution in [0.1, 0.15) is 0 Å². The molecule has 1 aromatic rings. The zero-order valence-electron chi connectivity index (χ0n) is 10.7. The first-order chi connectivity index (χ1) is 9.70. The lowest BCUT2D eigenvalue weighted by Crippen LogP contribution is -2.36. The molecule has 2 aliphatic heterocycles. The Bertz CT molecular complexity index is 530. The Hall–Kier alpha value is -2.28. The molecule has 1 unspecified atom stereocenters. The van der Waals surface area contributed by atoms with Crippen molar-refractivity contribution < 1.29 is 24.2 Å². The van der Waals surface area contributed by atoms with E-state index < -0.39 is 6.09 Å². The van der Waals surface area contributed by atoms with Gasteiger partial charge in [-0.3, -0.25) is 9.80 Å². The van der Waals surface area contributed by atoms with Crippen LogP contribution in [0, 0.1) is 0 Å². The van der Waals surface area contributed by atoms with Gasteiger partial charge in [0.15, 0.2) is 0 Å². The minimum absolute atomic E-state index is 0.161. The number of ether oxygens (including phenoxy) is 2. The zero-order chi connectivity index (χ0) is 14.1. The molecule has 2 amide bonds. The minimum Gasteiger partial charge on any atom is -0.447 e. The van der Waals surface area contributed by atoms with E-state index in [1.54, 1.807) is 24.3 Å². The van der Waals surface area contributed by atoms with E-state index in [2.05, 4.69) is 0 Å². The van der Waals surface area contributed by atoms with Crippen molar-refractivity contribution in [2.75, 3.05) is 36.2 Å². The van der Waals surface area contributed by atoms with Crippen LogP contribution < -0.4 is 9.80 Å². The molecular formula is C13H14N2O5. The third-order valence-corrected chi connectivity index (χ3v) is 3.37. The van der Waals surface area contributed by atoms with Crippen molar-refractivity contribution in [1.29, 1.82) is 0 Å². The lowest BCUT2D eigenvalue weighted by atomic mass is 10.2. The van der Waals surface area contributed by atoms with Crippen LogP contribution in [-0.2, 0) is 9.47 Å². The Kier molecular flexibility index (Phi) is 3.19. The fourth-order valence-electron chi connectivity index (χ4n) is 2.33. The fraction of sp³-hybridized carbons (Fsp3) is 0.385. The summed E-state index contributed by atoms with van der Waals surface area (Å²) >= 11 is 0. The highest BCUT2D eigenvalue weighted by Gasteiger charge is 2.33. The quantitative estimate of drug-likeness (QED) is 0.891. The van der Waals surface area contributed by atoms with Crippen molar-refractivity contribution in [2.45, 2.75) is 6.04 Å². The van der Waals surface area contributed by atoms with Crippen molar-refractivity contribution in [2.24, 2.45) is 0 Å². The number of aliphatic hydroxyl groups excluding tert-OH is 1. The predicted molar refractivity (Wildman–Crippen MR) is 69.8 cm³/mol. The monoisotopic (exact) mass is 278 g/mol. The first kappa shape index (κ1) is 12.7. The summed E-state index contributed by atoms with van der Waals surface area (Å²) in [5.41, 5.74) is 1.34. The molecule has 0 bridgehead atoms. The molecule has 7 nitrogen and oxygen atoms in total. The summed E-state index contributed by atoms with van der Waals surface area (Å²) in [6.07, 6.45) is -0.844. The van der Waals surface area contributed by atoms with Gasteiger partial charge in [-0.15, -0.1) is 0 Å². The van der Waals surface area contributed by atoms with Crippen LogP contribution in [0.2, 0.25) is 0 Å². The number of hydrogen-bond acceptors (Lipinski definition) is 5. The second-order valence-corrected chi connectivity index (χ2v) is 4.57. The zero-order valence-corrected chi connectivity index (χ0v) is 10.7. The third-order valence-electron chi connectivity index (χ3n) is 3.37. The summed E-state index contributed by atoms with van der Waals surface area (Å²) in [5, 5.41) is 9.23. The molecule has 1 N–H and O–H groups in total. The Labute approximate surface area is 115 Å². The topological polar surface area (TPSA) is 79.3 Å². The Morgan fingerprint density at radius 1 is 1.10 bits per heavy atom. The molecule has 2 saturated heterocycles. The highest BCUT2D eigenvalue weighted by molar-refractivity contribution is 5.92. The van der Waals surface area contributed by atoms with E-state index >= 15 is 0 Å². The van der Waals surface area contributed by atoms with Crippen molar-refractivity contribution in [1.82, 2.24) is 0 Å². The summed E-state index contributed by atoms with van der Waals surface area (Å²) in [6, 6.07) is 6.54. The normalized spacial score (nSPS) is 22.1. The Morgan fingerprint density at radius 3 is 2.40 bits per heavy atom. The summed E-state index contributed by atoms with van der Waals surface area (Å²) in [5.74, 6) is 0. The Balaban J connectivity index is 1.82. The molecular weight excluding hydrogens is 264 g/mol. The molecule has 0 saturated carbocycles. The molecule has 1 aromatic carbocycles. The summed E-state index contributed by atoms with van der Waals surface area (Å²) < 4.78 is 9.78. The summed E-state index contributed by atoms with van der Waals surface area (Å²) in [6.45, 7) is 0.913. The van der Waals surface area contributed by atoms with Crippen LogP contribution in [0.5, 0.6) is 0 Å². The number of carbonyl (C=O) groups excluding carboxylic acids is 2. The van der Waals surface area contributed by atoms with Gasteiger partial charge in [-0.2, -0.15) is 0 Å². The van der Waals surface area contributed by atoms with E-state index in [9.17, 15) is 14.7 Å². The van der Waals surface area contributed by atoms with Gasteiger partial charge in [0, 0.05) is 11.4 Å². The van der Waals surface area contributed by atoms with Crippen LogP contribution in [0.4, 0.5) is 21.0 Å². The molecule has 0 spiro atoms. The summed E-state index contributed by atoms with van der Waals surface area (Å²) in [4.78, 5) is 26.0. The van der Waals surface area contributed by atoms with Gasteiger partial charge in [0.25, 0.3) is 0 Å². The van der Waals surface area contributed by atoms with Crippen LogP contribution >= 0.6 is 0 Å². The van der Waals surface area contributed by atoms with E-state index in [-0.39, 0.29) is 25.3 Å². The highest BCUT2D eigenvalue weighted by Crippen LogP contribution is 2.27. The van der Waals surface area contributed by atoms with Crippen LogP contribution in [0.15, 0.2) is 24.3 Å². The molecule has 0 radical (unpaired) electrons. The molecule has 0 aliphatic carbocycles. The van der Waals surface area contributed by atoms with E-state index in [0.29, 0.717) is 24.5 Å². The molecule has 0 aromatic heterocycles. The maximum atomic E-state index is 11.6. The average Bonchev–Trinajstić information content (AvgIpc) is 3.05. The van der Waals surface area contributed by atoms with Gasteiger partial charge in [0.05, 0.1) is 19.2 Å². The molecule has 1 atom stereocenters. The number of rotatable bonds is 3. The van der Waals surface area contributed by atoms with E-state index in [1.807, 2.05) is 0 Å². The minimum atomic E-state index is -0.475. The standard InChI is InChI=1S/C13H14N2O5/c16-7-11-8-20-13(18)15(11)10-3-1-9(2-4-10)14-5-6-19-12(14)17/h1-4,11,16H,5-8H2. The van der Waals surface area contributed by atoms with Gasteiger partial charge < -0.3 is 14.6 Å². The molecule has 2 fully saturated rings. The molecule has 2 heterocycles. The van der Waals surface area contributed by atoms with Crippen LogP contribution in [-0.4, -0.2) is 49.7 Å². The molecule has 3 rings (SSSR count). The van der Waals surface area contributed by atoms with Gasteiger partial charge >= 0.3 is 12.2 Å². The first-order valence-electron chi connectivity index (χ1n) is 6.32. The van der Waals surface area contributed by atoms with Crippen molar-refractivity contribution in [3.05, 3.63) is 24.3 Å². The smallest absolute Gasteiger partial charge is 0.414 e. The Morgan fingerprint density at radius 2 is 1.80 bits per heavy atom. The van der Waals surface area contributed by atoms with Gasteiger partial charge in [-0.25, -0.2) is 9.59 Å². The lowest BCUT2D eigenvalue weighted by molar-refractivity contribution is 0.173. The number of amides is 2. The van der Waals surface area contributed by atoms with E-state index in [4.69, 9.17) is 9.47 Å². The van der Waals surface area contributed by atoms with Crippen LogP contribution in [0.3, 0.4) is 0 Å². The number of carbonyl (C=O) groups is 2. The molecule has 106 valence electrons. The summed E-state index contributed by atoms with van der Waals surface area (Å²) in [7, 11) is 0. The van der Waals surface area contributed by atoms with E-state index in [0.717, 1.165) is 0 Å². The predicted octanol–water partition coefficient (Wildman–Crippen LogP) is 0.961. The number of anilines is 2. The maximum Gasteiger partial charge on any atom is 0.414 e. The number of cyclic esters (lactones) is 2. The van der Waals surface area contributed by atoms with Gasteiger partial charge in [0.2, 0.25) is 0 Å². The number of benzene rings is 1. The van der Waals surface area contributed by atoms with Gasteiger partial charge in [-0.1, -0.05) is 0 Å².